The second-order valence-electron chi connectivity index (χ2n) is 7.18. The van der Waals surface area contributed by atoms with Gasteiger partial charge in [0.25, 0.3) is 0 Å². The first-order valence-electron chi connectivity index (χ1n) is 8.48. The van der Waals surface area contributed by atoms with Gasteiger partial charge in [-0.1, -0.05) is 18.9 Å². The van der Waals surface area contributed by atoms with Crippen LogP contribution < -0.4 is 0 Å². The lowest BCUT2D eigenvalue weighted by Gasteiger charge is -2.56. The Labute approximate surface area is 132 Å². The van der Waals surface area contributed by atoms with Crippen molar-refractivity contribution < 1.29 is 9.59 Å². The highest BCUT2D eigenvalue weighted by molar-refractivity contribution is 5.89. The van der Waals surface area contributed by atoms with Crippen LogP contribution >= 0.6 is 0 Å². The molecule has 2 unspecified atom stereocenters. The molecule has 2 atom stereocenters. The van der Waals surface area contributed by atoms with Crippen LogP contribution in [-0.2, 0) is 9.59 Å². The maximum absolute atomic E-state index is 12.5. The molecule has 0 N–H and O–H groups in total. The van der Waals surface area contributed by atoms with E-state index in [1.165, 1.54) is 12.8 Å². The molecular weight excluding hydrogens is 278 g/mol. The molecule has 0 aromatic heterocycles. The van der Waals surface area contributed by atoms with Crippen LogP contribution in [0.3, 0.4) is 0 Å². The molecule has 0 aromatic carbocycles. The highest BCUT2D eigenvalue weighted by atomic mass is 16.2. The van der Waals surface area contributed by atoms with Crippen molar-refractivity contribution in [3.05, 3.63) is 12.2 Å². The van der Waals surface area contributed by atoms with Crippen molar-refractivity contribution in [1.82, 2.24) is 14.7 Å². The van der Waals surface area contributed by atoms with Crippen LogP contribution in [0.25, 0.3) is 0 Å². The third-order valence-electron chi connectivity index (χ3n) is 5.19. The average molecular weight is 305 g/mol. The molecule has 4 rings (SSSR count). The van der Waals surface area contributed by atoms with Crippen molar-refractivity contribution in [2.24, 2.45) is 5.92 Å². The summed E-state index contributed by atoms with van der Waals surface area (Å²) < 4.78 is 0. The van der Waals surface area contributed by atoms with Gasteiger partial charge in [-0.25, -0.2) is 0 Å². The van der Waals surface area contributed by atoms with Crippen molar-refractivity contribution in [1.29, 1.82) is 0 Å². The maximum Gasteiger partial charge on any atom is 0.246 e. The van der Waals surface area contributed by atoms with Gasteiger partial charge in [-0.15, -0.1) is 0 Å². The molecule has 3 aliphatic heterocycles. The normalized spacial score (nSPS) is 28.5. The average Bonchev–Trinajstić information content (AvgIpc) is 3.00. The Kier molecular flexibility index (Phi) is 4.52. The smallest absolute Gasteiger partial charge is 0.246 e. The van der Waals surface area contributed by atoms with Gasteiger partial charge in [-0.2, -0.15) is 0 Å². The molecular formula is C17H27N3O2. The Bertz CT molecular complexity index is 457. The zero-order valence-corrected chi connectivity index (χ0v) is 13.7. The first kappa shape index (κ1) is 15.5. The number of piperidine rings is 1. The fourth-order valence-electron chi connectivity index (χ4n) is 4.03. The number of amides is 2. The van der Waals surface area contributed by atoms with Crippen LogP contribution in [0.1, 0.15) is 32.1 Å². The molecule has 122 valence electrons. The maximum atomic E-state index is 12.5. The number of nitrogens with zero attached hydrogens (tertiary/aromatic N) is 3. The minimum atomic E-state index is 0.107. The molecule has 22 heavy (non-hydrogen) atoms. The minimum absolute atomic E-state index is 0.107. The number of hydrogen-bond donors (Lipinski definition) is 0. The molecule has 0 spiro atoms. The van der Waals surface area contributed by atoms with Gasteiger partial charge in [-0.3, -0.25) is 9.59 Å². The van der Waals surface area contributed by atoms with E-state index in [9.17, 15) is 9.59 Å². The zero-order chi connectivity index (χ0) is 15.7. The van der Waals surface area contributed by atoms with Gasteiger partial charge in [0.1, 0.15) is 0 Å². The molecule has 5 heteroatoms. The third kappa shape index (κ3) is 3.05. The van der Waals surface area contributed by atoms with Gasteiger partial charge in [0.2, 0.25) is 11.8 Å². The first-order valence-corrected chi connectivity index (χ1v) is 8.48. The summed E-state index contributed by atoms with van der Waals surface area (Å²) in [7, 11) is 3.97. The van der Waals surface area contributed by atoms with E-state index in [1.807, 2.05) is 34.9 Å². The van der Waals surface area contributed by atoms with Crippen LogP contribution in [0.2, 0.25) is 0 Å². The molecule has 1 aliphatic carbocycles. The number of carbonyl (C=O) groups is 2. The van der Waals surface area contributed by atoms with E-state index in [-0.39, 0.29) is 23.9 Å². The zero-order valence-electron chi connectivity index (χ0n) is 13.7. The van der Waals surface area contributed by atoms with Crippen LogP contribution in [-0.4, -0.2) is 72.3 Å². The summed E-state index contributed by atoms with van der Waals surface area (Å²) in [6.45, 7) is 2.25. The van der Waals surface area contributed by atoms with Gasteiger partial charge in [0, 0.05) is 31.6 Å². The number of likely N-dealkylation sites (N-methyl/N-ethyl adjacent to an activating group) is 1. The lowest BCUT2D eigenvalue weighted by Crippen LogP contribution is -2.70. The van der Waals surface area contributed by atoms with E-state index in [0.29, 0.717) is 5.91 Å². The highest BCUT2D eigenvalue weighted by Crippen LogP contribution is 2.35. The number of hydrogen-bond acceptors (Lipinski definition) is 3. The SMILES string of the molecule is CN(C)C/C=C/C(=O)N1C2CC1CN(C(=O)C1CCCC1)C2. The van der Waals surface area contributed by atoms with E-state index < -0.39 is 0 Å². The van der Waals surface area contributed by atoms with Gasteiger partial charge >= 0.3 is 0 Å². The number of piperazine rings is 1. The molecule has 4 aliphatic rings. The highest BCUT2D eigenvalue weighted by Gasteiger charge is 2.48. The topological polar surface area (TPSA) is 43.9 Å². The number of fused-ring (bicyclic) bond motifs is 2. The summed E-state index contributed by atoms with van der Waals surface area (Å²) in [4.78, 5) is 30.8. The summed E-state index contributed by atoms with van der Waals surface area (Å²) in [6.07, 6.45) is 9.16. The van der Waals surface area contributed by atoms with Gasteiger partial charge < -0.3 is 14.7 Å². The lowest BCUT2D eigenvalue weighted by atomic mass is 9.86. The number of carbonyl (C=O) groups excluding carboxylic acids is 2. The second-order valence-corrected chi connectivity index (χ2v) is 7.18. The summed E-state index contributed by atoms with van der Waals surface area (Å²) in [6, 6.07) is 0.473. The quantitative estimate of drug-likeness (QED) is 0.731. The molecule has 0 radical (unpaired) electrons. The largest absolute Gasteiger partial charge is 0.338 e. The van der Waals surface area contributed by atoms with Crippen LogP contribution in [0.5, 0.6) is 0 Å². The predicted molar refractivity (Wildman–Crippen MR) is 85.3 cm³/mol. The fourth-order valence-corrected chi connectivity index (χ4v) is 4.03. The molecule has 3 heterocycles. The summed E-state index contributed by atoms with van der Waals surface area (Å²) in [5.74, 6) is 0.695. The lowest BCUT2D eigenvalue weighted by molar-refractivity contribution is -0.158. The van der Waals surface area contributed by atoms with Crippen molar-refractivity contribution in [3.63, 3.8) is 0 Å². The van der Waals surface area contributed by atoms with Crippen LogP contribution in [0.4, 0.5) is 0 Å². The Hall–Kier alpha value is -1.36. The number of rotatable bonds is 4. The fraction of sp³-hybridized carbons (Fsp3) is 0.765. The molecule has 1 saturated carbocycles. The molecule has 0 aromatic rings. The Morgan fingerprint density at radius 2 is 1.77 bits per heavy atom. The Morgan fingerprint density at radius 3 is 2.36 bits per heavy atom. The molecule has 2 amide bonds. The molecule has 3 saturated heterocycles. The van der Waals surface area contributed by atoms with Crippen molar-refractivity contribution in [3.8, 4) is 0 Å². The van der Waals surface area contributed by atoms with Crippen molar-refractivity contribution in [2.45, 2.75) is 44.2 Å². The van der Waals surface area contributed by atoms with E-state index in [4.69, 9.17) is 0 Å². The summed E-state index contributed by atoms with van der Waals surface area (Å²) >= 11 is 0. The third-order valence-corrected chi connectivity index (χ3v) is 5.19. The minimum Gasteiger partial charge on any atom is -0.338 e. The molecule has 5 nitrogen and oxygen atoms in total. The van der Waals surface area contributed by atoms with Gasteiger partial charge in [-0.05, 0) is 33.4 Å². The van der Waals surface area contributed by atoms with Gasteiger partial charge in [0.05, 0.1) is 12.1 Å². The van der Waals surface area contributed by atoms with E-state index in [0.717, 1.165) is 38.9 Å². The van der Waals surface area contributed by atoms with E-state index >= 15 is 0 Å². The molecule has 2 bridgehead atoms. The van der Waals surface area contributed by atoms with Crippen molar-refractivity contribution >= 4 is 11.8 Å². The Morgan fingerprint density at radius 1 is 1.14 bits per heavy atom. The van der Waals surface area contributed by atoms with E-state index in [1.54, 1.807) is 6.08 Å². The van der Waals surface area contributed by atoms with Crippen LogP contribution in [0.15, 0.2) is 12.2 Å². The monoisotopic (exact) mass is 305 g/mol. The Balaban J connectivity index is 1.52. The van der Waals surface area contributed by atoms with E-state index in [2.05, 4.69) is 0 Å². The predicted octanol–water partition coefficient (Wildman–Crippen LogP) is 1.11. The first-order chi connectivity index (χ1) is 10.6. The second kappa shape index (κ2) is 6.41. The van der Waals surface area contributed by atoms with Crippen molar-refractivity contribution in [2.75, 3.05) is 33.7 Å². The summed E-state index contributed by atoms with van der Waals surface area (Å²) in [5, 5.41) is 0. The molecule has 4 fully saturated rings. The standard InChI is InChI=1S/C17H27N3O2/c1-18(2)9-5-8-16(21)20-14-10-15(20)12-19(11-14)17(22)13-6-3-4-7-13/h5,8,13-15H,3-4,6-7,9-12H2,1-2H3/b8-5+. The van der Waals surface area contributed by atoms with Gasteiger partial charge in [0.15, 0.2) is 0 Å². The summed E-state index contributed by atoms with van der Waals surface area (Å²) in [5.41, 5.74) is 0. The van der Waals surface area contributed by atoms with Crippen LogP contribution in [0, 0.1) is 5.92 Å².